The third-order valence-corrected chi connectivity index (χ3v) is 7.52. The standard InChI is InChI=1S/C23H28Cl3N3O4S/c1-5-11-27-23(31)16(3)28(13-17-9-10-19(25)20(26)12-17)22(30)14-29(34(4,32)33)21-8-6-7-18(24)15(21)2/h6-10,12,16H,5,11,13-14H2,1-4H3,(H,27,31). The van der Waals surface area contributed by atoms with Crippen molar-refractivity contribution in [2.24, 2.45) is 0 Å². The van der Waals surface area contributed by atoms with E-state index in [-0.39, 0.29) is 12.5 Å². The molecule has 0 spiro atoms. The predicted molar refractivity (Wildman–Crippen MR) is 138 cm³/mol. The first kappa shape index (κ1) is 28.2. The largest absolute Gasteiger partial charge is 0.354 e. The van der Waals surface area contributed by atoms with E-state index in [1.165, 1.54) is 4.90 Å². The number of carbonyl (C=O) groups excluding carboxylic acids is 2. The molecule has 1 N–H and O–H groups in total. The minimum atomic E-state index is -3.84. The lowest BCUT2D eigenvalue weighted by molar-refractivity contribution is -0.139. The lowest BCUT2D eigenvalue weighted by atomic mass is 10.1. The minimum Gasteiger partial charge on any atom is -0.354 e. The van der Waals surface area contributed by atoms with Gasteiger partial charge in [0.05, 0.1) is 22.0 Å². The Labute approximate surface area is 216 Å². The van der Waals surface area contributed by atoms with Gasteiger partial charge < -0.3 is 10.2 Å². The van der Waals surface area contributed by atoms with Crippen LogP contribution in [0.2, 0.25) is 15.1 Å². The Morgan fingerprint density at radius 3 is 2.32 bits per heavy atom. The number of carbonyl (C=O) groups is 2. The van der Waals surface area contributed by atoms with E-state index in [1.807, 2.05) is 6.92 Å². The van der Waals surface area contributed by atoms with Crippen LogP contribution in [0.1, 0.15) is 31.4 Å². The number of rotatable bonds is 10. The average molecular weight is 549 g/mol. The maximum Gasteiger partial charge on any atom is 0.244 e. The maximum absolute atomic E-state index is 13.5. The van der Waals surface area contributed by atoms with E-state index in [2.05, 4.69) is 5.32 Å². The second kappa shape index (κ2) is 12.1. The molecule has 0 aliphatic rings. The van der Waals surface area contributed by atoms with Crippen molar-refractivity contribution in [2.75, 3.05) is 23.7 Å². The SMILES string of the molecule is CCCNC(=O)C(C)N(Cc1ccc(Cl)c(Cl)c1)C(=O)CN(c1cccc(Cl)c1C)S(C)(=O)=O. The Morgan fingerprint density at radius 1 is 1.06 bits per heavy atom. The summed E-state index contributed by atoms with van der Waals surface area (Å²) in [7, 11) is -3.84. The number of benzene rings is 2. The smallest absolute Gasteiger partial charge is 0.244 e. The summed E-state index contributed by atoms with van der Waals surface area (Å²) in [6.07, 6.45) is 1.75. The van der Waals surface area contributed by atoms with Crippen LogP contribution in [0, 0.1) is 6.92 Å². The summed E-state index contributed by atoms with van der Waals surface area (Å²) in [6.45, 7) is 5.16. The molecule has 0 heterocycles. The first-order valence-corrected chi connectivity index (χ1v) is 13.6. The second-order valence-electron chi connectivity index (χ2n) is 7.89. The third-order valence-electron chi connectivity index (χ3n) is 5.24. The summed E-state index contributed by atoms with van der Waals surface area (Å²) in [5.74, 6) is -0.907. The molecule has 0 radical (unpaired) electrons. The van der Waals surface area contributed by atoms with Crippen molar-refractivity contribution in [3.05, 3.63) is 62.6 Å². The number of nitrogens with zero attached hydrogens (tertiary/aromatic N) is 2. The molecule has 186 valence electrons. The van der Waals surface area contributed by atoms with Gasteiger partial charge in [-0.15, -0.1) is 0 Å². The van der Waals surface area contributed by atoms with Gasteiger partial charge in [-0.25, -0.2) is 8.42 Å². The fourth-order valence-electron chi connectivity index (χ4n) is 3.27. The number of sulfonamides is 1. The zero-order valence-electron chi connectivity index (χ0n) is 19.4. The molecule has 0 aliphatic heterocycles. The van der Waals surface area contributed by atoms with Gasteiger partial charge in [-0.2, -0.15) is 0 Å². The van der Waals surface area contributed by atoms with E-state index >= 15 is 0 Å². The van der Waals surface area contributed by atoms with Crippen LogP contribution < -0.4 is 9.62 Å². The number of hydrogen-bond donors (Lipinski definition) is 1. The highest BCUT2D eigenvalue weighted by Crippen LogP contribution is 2.29. The van der Waals surface area contributed by atoms with Gasteiger partial charge in [0.25, 0.3) is 0 Å². The molecule has 2 rings (SSSR count). The molecule has 0 fully saturated rings. The zero-order chi connectivity index (χ0) is 25.6. The van der Waals surface area contributed by atoms with Gasteiger partial charge >= 0.3 is 0 Å². The van der Waals surface area contributed by atoms with Crippen LogP contribution in [0.4, 0.5) is 5.69 Å². The zero-order valence-corrected chi connectivity index (χ0v) is 22.5. The molecule has 0 aliphatic carbocycles. The molecule has 0 saturated carbocycles. The molecule has 7 nitrogen and oxygen atoms in total. The Balaban J connectivity index is 2.44. The monoisotopic (exact) mass is 547 g/mol. The normalized spacial score (nSPS) is 12.2. The van der Waals surface area contributed by atoms with Gasteiger partial charge in [0.1, 0.15) is 12.6 Å². The highest BCUT2D eigenvalue weighted by atomic mass is 35.5. The van der Waals surface area contributed by atoms with Crippen molar-refractivity contribution in [3.8, 4) is 0 Å². The van der Waals surface area contributed by atoms with E-state index in [9.17, 15) is 18.0 Å². The van der Waals surface area contributed by atoms with Crippen LogP contribution in [0.3, 0.4) is 0 Å². The summed E-state index contributed by atoms with van der Waals surface area (Å²) in [4.78, 5) is 27.5. The van der Waals surface area contributed by atoms with Gasteiger partial charge in [-0.1, -0.05) is 53.9 Å². The summed E-state index contributed by atoms with van der Waals surface area (Å²) in [5, 5.41) is 3.82. The molecule has 2 aromatic rings. The first-order valence-electron chi connectivity index (χ1n) is 10.6. The van der Waals surface area contributed by atoms with Crippen LogP contribution in [-0.2, 0) is 26.2 Å². The summed E-state index contributed by atoms with van der Waals surface area (Å²) >= 11 is 18.3. The van der Waals surface area contributed by atoms with Crippen LogP contribution in [0.15, 0.2) is 36.4 Å². The molecule has 2 amide bonds. The fraction of sp³-hybridized carbons (Fsp3) is 0.391. The molecule has 1 unspecified atom stereocenters. The quantitative estimate of drug-likeness (QED) is 0.468. The van der Waals surface area contributed by atoms with Crippen molar-refractivity contribution in [1.29, 1.82) is 0 Å². The van der Waals surface area contributed by atoms with Crippen molar-refractivity contribution >= 4 is 62.3 Å². The van der Waals surface area contributed by atoms with Crippen molar-refractivity contribution < 1.29 is 18.0 Å². The number of anilines is 1. The van der Waals surface area contributed by atoms with Crippen LogP contribution in [0.5, 0.6) is 0 Å². The van der Waals surface area contributed by atoms with E-state index in [0.717, 1.165) is 17.0 Å². The molecular formula is C23H28Cl3N3O4S. The molecule has 1 atom stereocenters. The van der Waals surface area contributed by atoms with Gasteiger partial charge in [-0.3, -0.25) is 13.9 Å². The van der Waals surface area contributed by atoms with E-state index in [0.29, 0.717) is 38.4 Å². The van der Waals surface area contributed by atoms with E-state index in [4.69, 9.17) is 34.8 Å². The number of halogens is 3. The third kappa shape index (κ3) is 7.25. The van der Waals surface area contributed by atoms with Gasteiger partial charge in [-0.05, 0) is 55.7 Å². The van der Waals surface area contributed by atoms with Crippen LogP contribution >= 0.6 is 34.8 Å². The number of hydrogen-bond acceptors (Lipinski definition) is 4. The van der Waals surface area contributed by atoms with Crippen LogP contribution in [0.25, 0.3) is 0 Å². The molecular weight excluding hydrogens is 521 g/mol. The number of nitrogens with one attached hydrogen (secondary N) is 1. The lowest BCUT2D eigenvalue weighted by Crippen LogP contribution is -2.51. The van der Waals surface area contributed by atoms with Gasteiger partial charge in [0.15, 0.2) is 0 Å². The maximum atomic E-state index is 13.5. The Hall–Kier alpha value is -2.00. The summed E-state index contributed by atoms with van der Waals surface area (Å²) < 4.78 is 26.3. The molecule has 11 heteroatoms. The average Bonchev–Trinajstić information content (AvgIpc) is 2.77. The summed E-state index contributed by atoms with van der Waals surface area (Å²) in [5.41, 5.74) is 1.45. The molecule has 0 aromatic heterocycles. The fourth-order valence-corrected chi connectivity index (χ4v) is 4.66. The highest BCUT2D eigenvalue weighted by molar-refractivity contribution is 7.92. The van der Waals surface area contributed by atoms with Gasteiger partial charge in [0.2, 0.25) is 21.8 Å². The first-order chi connectivity index (χ1) is 15.9. The minimum absolute atomic E-state index is 0.0303. The van der Waals surface area contributed by atoms with E-state index < -0.39 is 28.5 Å². The molecule has 0 bridgehead atoms. The van der Waals surface area contributed by atoms with Gasteiger partial charge in [0, 0.05) is 18.1 Å². The summed E-state index contributed by atoms with van der Waals surface area (Å²) in [6, 6.07) is 8.87. The Kier molecular flexibility index (Phi) is 10.1. The number of amides is 2. The Bertz CT molecular complexity index is 1160. The lowest BCUT2D eigenvalue weighted by Gasteiger charge is -2.32. The van der Waals surface area contributed by atoms with Crippen molar-refractivity contribution in [2.45, 2.75) is 39.8 Å². The van der Waals surface area contributed by atoms with Crippen molar-refractivity contribution in [1.82, 2.24) is 10.2 Å². The van der Waals surface area contributed by atoms with Crippen LogP contribution in [-0.4, -0.2) is 50.5 Å². The topological polar surface area (TPSA) is 86.8 Å². The Morgan fingerprint density at radius 2 is 1.74 bits per heavy atom. The second-order valence-corrected chi connectivity index (χ2v) is 11.0. The predicted octanol–water partition coefficient (Wildman–Crippen LogP) is 4.66. The highest BCUT2D eigenvalue weighted by Gasteiger charge is 2.30. The van der Waals surface area contributed by atoms with E-state index in [1.54, 1.807) is 50.2 Å². The van der Waals surface area contributed by atoms with Crippen molar-refractivity contribution in [3.63, 3.8) is 0 Å². The molecule has 0 saturated heterocycles. The molecule has 34 heavy (non-hydrogen) atoms. The molecule has 2 aromatic carbocycles.